The zero-order valence-corrected chi connectivity index (χ0v) is 15.2. The Labute approximate surface area is 154 Å². The van der Waals surface area contributed by atoms with Gasteiger partial charge in [0.1, 0.15) is 5.75 Å². The smallest absolute Gasteiger partial charge is 0.257 e. The Bertz CT molecular complexity index is 747. The monoisotopic (exact) mass is 353 g/mol. The van der Waals surface area contributed by atoms with Gasteiger partial charge in [0, 0.05) is 19.0 Å². The number of phenolic OH excluding ortho intramolecular Hbond substituents is 1. The third-order valence-corrected chi connectivity index (χ3v) is 5.95. The zero-order valence-electron chi connectivity index (χ0n) is 15.2. The predicted molar refractivity (Wildman–Crippen MR) is 100 cm³/mol. The summed E-state index contributed by atoms with van der Waals surface area (Å²) in [7, 11) is 0. The van der Waals surface area contributed by atoms with Crippen LogP contribution in [-0.2, 0) is 6.42 Å². The molecule has 0 spiro atoms. The van der Waals surface area contributed by atoms with Gasteiger partial charge in [-0.25, -0.2) is 0 Å². The SMILES string of the molecule is O=C(c1cn[nH]c1C1CCCCC1)N1CCC(Cc2ccc(O)cc2)C1. The fourth-order valence-electron chi connectivity index (χ4n) is 4.49. The van der Waals surface area contributed by atoms with Crippen LogP contribution in [0.1, 0.15) is 66.1 Å². The van der Waals surface area contributed by atoms with Crippen molar-refractivity contribution in [1.82, 2.24) is 15.1 Å². The van der Waals surface area contributed by atoms with E-state index in [9.17, 15) is 9.90 Å². The molecule has 1 aromatic heterocycles. The number of carbonyl (C=O) groups is 1. The maximum Gasteiger partial charge on any atom is 0.257 e. The molecule has 26 heavy (non-hydrogen) atoms. The quantitative estimate of drug-likeness (QED) is 0.877. The highest BCUT2D eigenvalue weighted by Gasteiger charge is 2.30. The number of hydrogen-bond donors (Lipinski definition) is 2. The number of H-pyrrole nitrogens is 1. The van der Waals surface area contributed by atoms with Gasteiger partial charge in [0.15, 0.2) is 0 Å². The van der Waals surface area contributed by atoms with E-state index in [0.717, 1.165) is 50.0 Å². The Balaban J connectivity index is 1.40. The second-order valence-corrected chi connectivity index (χ2v) is 7.81. The van der Waals surface area contributed by atoms with Crippen LogP contribution in [0.25, 0.3) is 0 Å². The van der Waals surface area contributed by atoms with Crippen LogP contribution in [-0.4, -0.2) is 39.2 Å². The molecule has 1 saturated heterocycles. The topological polar surface area (TPSA) is 69.2 Å². The van der Waals surface area contributed by atoms with Crippen molar-refractivity contribution in [3.05, 3.63) is 47.3 Å². The molecule has 1 aliphatic heterocycles. The molecule has 2 fully saturated rings. The number of benzene rings is 1. The Hall–Kier alpha value is -2.30. The summed E-state index contributed by atoms with van der Waals surface area (Å²) in [6.07, 6.45) is 9.82. The summed E-state index contributed by atoms with van der Waals surface area (Å²) < 4.78 is 0. The average molecular weight is 353 g/mol. The number of rotatable bonds is 4. The Morgan fingerprint density at radius 1 is 1.15 bits per heavy atom. The Morgan fingerprint density at radius 3 is 2.69 bits per heavy atom. The van der Waals surface area contributed by atoms with E-state index in [2.05, 4.69) is 10.2 Å². The van der Waals surface area contributed by atoms with Crippen LogP contribution in [0.15, 0.2) is 30.5 Å². The van der Waals surface area contributed by atoms with Gasteiger partial charge in [-0.05, 0) is 49.3 Å². The molecule has 2 heterocycles. The molecule has 1 amide bonds. The number of aromatic nitrogens is 2. The van der Waals surface area contributed by atoms with Gasteiger partial charge in [0.2, 0.25) is 0 Å². The van der Waals surface area contributed by atoms with Gasteiger partial charge < -0.3 is 10.0 Å². The maximum atomic E-state index is 13.0. The summed E-state index contributed by atoms with van der Waals surface area (Å²) in [5.74, 6) is 1.37. The molecule has 1 aliphatic carbocycles. The standard InChI is InChI=1S/C21H27N3O2/c25-18-8-6-15(7-9-18)12-16-10-11-24(14-16)21(26)19-13-22-23-20(19)17-4-2-1-3-5-17/h6-9,13,16-17,25H,1-5,10-12,14H2,(H,22,23). The minimum Gasteiger partial charge on any atom is -0.508 e. The molecule has 2 N–H and O–H groups in total. The van der Waals surface area contributed by atoms with Gasteiger partial charge in [-0.3, -0.25) is 9.89 Å². The number of aromatic hydroxyl groups is 1. The highest BCUT2D eigenvalue weighted by atomic mass is 16.3. The van der Waals surface area contributed by atoms with Gasteiger partial charge in [-0.2, -0.15) is 5.10 Å². The van der Waals surface area contributed by atoms with Crippen LogP contribution in [0.3, 0.4) is 0 Å². The van der Waals surface area contributed by atoms with Gasteiger partial charge in [-0.1, -0.05) is 31.4 Å². The Kier molecular flexibility index (Phi) is 4.96. The highest BCUT2D eigenvalue weighted by Crippen LogP contribution is 2.34. The summed E-state index contributed by atoms with van der Waals surface area (Å²) in [6.45, 7) is 1.62. The lowest BCUT2D eigenvalue weighted by Gasteiger charge is -2.23. The van der Waals surface area contributed by atoms with E-state index in [4.69, 9.17) is 0 Å². The number of amides is 1. The third kappa shape index (κ3) is 3.62. The summed E-state index contributed by atoms with van der Waals surface area (Å²) in [5, 5.41) is 16.7. The van der Waals surface area contributed by atoms with E-state index in [1.165, 1.54) is 24.8 Å². The molecule has 5 nitrogen and oxygen atoms in total. The van der Waals surface area contributed by atoms with Crippen LogP contribution in [0.4, 0.5) is 0 Å². The molecule has 1 atom stereocenters. The summed E-state index contributed by atoms with van der Waals surface area (Å²) >= 11 is 0. The second-order valence-electron chi connectivity index (χ2n) is 7.81. The van der Waals surface area contributed by atoms with Crippen LogP contribution in [0, 0.1) is 5.92 Å². The molecule has 2 aliphatic rings. The average Bonchev–Trinajstić information content (AvgIpc) is 3.33. The summed E-state index contributed by atoms with van der Waals surface area (Å²) in [4.78, 5) is 15.0. The fraction of sp³-hybridized carbons (Fsp3) is 0.524. The normalized spacial score (nSPS) is 21.2. The maximum absolute atomic E-state index is 13.0. The van der Waals surface area contributed by atoms with Crippen molar-refractivity contribution in [3.8, 4) is 5.75 Å². The van der Waals surface area contributed by atoms with Gasteiger partial charge >= 0.3 is 0 Å². The predicted octanol–water partition coefficient (Wildman–Crippen LogP) is 3.87. The van der Waals surface area contributed by atoms with Crippen molar-refractivity contribution in [2.45, 2.75) is 50.9 Å². The fourth-order valence-corrected chi connectivity index (χ4v) is 4.49. The number of likely N-dealkylation sites (tertiary alicyclic amines) is 1. The van der Waals surface area contributed by atoms with E-state index in [-0.39, 0.29) is 5.91 Å². The van der Waals surface area contributed by atoms with Gasteiger partial charge in [0.25, 0.3) is 5.91 Å². The van der Waals surface area contributed by atoms with E-state index < -0.39 is 0 Å². The molecule has 2 aromatic rings. The van der Waals surface area contributed by atoms with Crippen molar-refractivity contribution < 1.29 is 9.90 Å². The Morgan fingerprint density at radius 2 is 1.92 bits per heavy atom. The first kappa shape index (κ1) is 17.1. The van der Waals surface area contributed by atoms with Crippen molar-refractivity contribution in [3.63, 3.8) is 0 Å². The lowest BCUT2D eigenvalue weighted by molar-refractivity contribution is 0.0785. The van der Waals surface area contributed by atoms with Crippen LogP contribution in [0.5, 0.6) is 5.75 Å². The van der Waals surface area contributed by atoms with Crippen LogP contribution < -0.4 is 0 Å². The van der Waals surface area contributed by atoms with E-state index in [1.807, 2.05) is 17.0 Å². The molecule has 5 heteroatoms. The van der Waals surface area contributed by atoms with Crippen molar-refractivity contribution in [2.24, 2.45) is 5.92 Å². The molecule has 138 valence electrons. The lowest BCUT2D eigenvalue weighted by atomic mass is 9.85. The first-order valence-electron chi connectivity index (χ1n) is 9.81. The van der Waals surface area contributed by atoms with E-state index in [0.29, 0.717) is 17.6 Å². The first-order chi connectivity index (χ1) is 12.7. The number of phenols is 1. The lowest BCUT2D eigenvalue weighted by Crippen LogP contribution is -2.29. The number of aromatic amines is 1. The number of nitrogens with one attached hydrogen (secondary N) is 1. The van der Waals surface area contributed by atoms with Gasteiger partial charge in [-0.15, -0.1) is 0 Å². The highest BCUT2D eigenvalue weighted by molar-refractivity contribution is 5.95. The summed E-state index contributed by atoms with van der Waals surface area (Å²) in [6, 6.07) is 7.40. The zero-order chi connectivity index (χ0) is 17.9. The molecule has 1 saturated carbocycles. The van der Waals surface area contributed by atoms with Gasteiger partial charge in [0.05, 0.1) is 17.5 Å². The van der Waals surface area contributed by atoms with Crippen LogP contribution >= 0.6 is 0 Å². The molecular weight excluding hydrogens is 326 g/mol. The largest absolute Gasteiger partial charge is 0.508 e. The van der Waals surface area contributed by atoms with E-state index >= 15 is 0 Å². The number of hydrogen-bond acceptors (Lipinski definition) is 3. The first-order valence-corrected chi connectivity index (χ1v) is 9.81. The molecule has 1 aromatic carbocycles. The van der Waals surface area contributed by atoms with Crippen molar-refractivity contribution >= 4 is 5.91 Å². The molecule has 1 unspecified atom stereocenters. The van der Waals surface area contributed by atoms with E-state index in [1.54, 1.807) is 18.3 Å². The number of nitrogens with zero attached hydrogens (tertiary/aromatic N) is 2. The summed E-state index contributed by atoms with van der Waals surface area (Å²) in [5.41, 5.74) is 3.05. The number of carbonyl (C=O) groups excluding carboxylic acids is 1. The molecule has 0 radical (unpaired) electrons. The minimum atomic E-state index is 0.132. The molecule has 4 rings (SSSR count). The van der Waals surface area contributed by atoms with Crippen molar-refractivity contribution in [1.29, 1.82) is 0 Å². The van der Waals surface area contributed by atoms with Crippen LogP contribution in [0.2, 0.25) is 0 Å². The molecular formula is C21H27N3O2. The van der Waals surface area contributed by atoms with Crippen molar-refractivity contribution in [2.75, 3.05) is 13.1 Å². The second kappa shape index (κ2) is 7.52. The third-order valence-electron chi connectivity index (χ3n) is 5.95. The minimum absolute atomic E-state index is 0.132. The molecule has 0 bridgehead atoms.